The third-order valence-electron chi connectivity index (χ3n) is 5.19. The first kappa shape index (κ1) is 22.7. The Balaban J connectivity index is 1.94. The Morgan fingerprint density at radius 2 is 1.59 bits per heavy atom. The van der Waals surface area contributed by atoms with E-state index in [1.165, 1.54) is 38.5 Å². The first-order valence-corrected chi connectivity index (χ1v) is 11.0. The molecule has 0 saturated carbocycles. The smallest absolute Gasteiger partial charge is 0.244 e. The molecule has 0 aliphatic carbocycles. The lowest BCUT2D eigenvalue weighted by molar-refractivity contribution is -0.117. The van der Waals surface area contributed by atoms with Crippen molar-refractivity contribution in [3.05, 3.63) is 71.8 Å². The van der Waals surface area contributed by atoms with Crippen molar-refractivity contribution in [2.45, 2.75) is 71.3 Å². The molecule has 2 rings (SSSR count). The fourth-order valence-corrected chi connectivity index (χ4v) is 3.55. The van der Waals surface area contributed by atoms with Gasteiger partial charge in [0.1, 0.15) is 0 Å². The molecule has 29 heavy (non-hydrogen) atoms. The number of amides is 1. The van der Waals surface area contributed by atoms with Gasteiger partial charge in [0.15, 0.2) is 0 Å². The van der Waals surface area contributed by atoms with Crippen LogP contribution in [0, 0.1) is 0 Å². The summed E-state index contributed by atoms with van der Waals surface area (Å²) in [6.07, 6.45) is 11.7. The molecule has 3 nitrogen and oxygen atoms in total. The summed E-state index contributed by atoms with van der Waals surface area (Å²) >= 11 is 0. The van der Waals surface area contributed by atoms with Crippen LogP contribution >= 0.6 is 0 Å². The zero-order valence-corrected chi connectivity index (χ0v) is 18.0. The van der Waals surface area contributed by atoms with Crippen LogP contribution in [0.5, 0.6) is 0 Å². The summed E-state index contributed by atoms with van der Waals surface area (Å²) in [5, 5.41) is 3.13. The first-order chi connectivity index (χ1) is 14.1. The standard InChI is InChI=1S/C26H36N2O/c1-3-4-5-6-7-8-10-14-21(2)28-26(29)20-25(22-15-11-9-12-16-22)23-17-13-18-24(27)19-23/h9,11-13,15-21H,3-8,10,14,27H2,1-2H3,(H,28,29)/b25-20-. The second-order valence-electron chi connectivity index (χ2n) is 7.87. The predicted octanol–water partition coefficient (Wildman–Crippen LogP) is 6.35. The lowest BCUT2D eigenvalue weighted by Crippen LogP contribution is -2.31. The summed E-state index contributed by atoms with van der Waals surface area (Å²) in [6.45, 7) is 4.33. The van der Waals surface area contributed by atoms with Crippen molar-refractivity contribution in [1.29, 1.82) is 0 Å². The van der Waals surface area contributed by atoms with Gasteiger partial charge in [-0.05, 0) is 42.2 Å². The summed E-state index contributed by atoms with van der Waals surface area (Å²) in [7, 11) is 0. The number of hydrogen-bond donors (Lipinski definition) is 2. The molecule has 1 atom stereocenters. The Bertz CT molecular complexity index is 767. The zero-order chi connectivity index (χ0) is 20.9. The summed E-state index contributed by atoms with van der Waals surface area (Å²) in [5.74, 6) is -0.0540. The lowest BCUT2D eigenvalue weighted by atomic mass is 9.97. The average Bonchev–Trinajstić information content (AvgIpc) is 2.72. The molecule has 0 bridgehead atoms. The molecule has 3 N–H and O–H groups in total. The number of benzene rings is 2. The van der Waals surface area contributed by atoms with E-state index in [4.69, 9.17) is 5.73 Å². The first-order valence-electron chi connectivity index (χ1n) is 11.0. The van der Waals surface area contributed by atoms with E-state index in [1.807, 2.05) is 54.6 Å². The van der Waals surface area contributed by atoms with Gasteiger partial charge in [-0.2, -0.15) is 0 Å². The molecular weight excluding hydrogens is 356 g/mol. The normalized spacial score (nSPS) is 12.6. The van der Waals surface area contributed by atoms with Crippen molar-refractivity contribution in [2.75, 3.05) is 5.73 Å². The van der Waals surface area contributed by atoms with E-state index in [0.29, 0.717) is 5.69 Å². The van der Waals surface area contributed by atoms with E-state index in [0.717, 1.165) is 29.5 Å². The fraction of sp³-hybridized carbons (Fsp3) is 0.423. The second-order valence-corrected chi connectivity index (χ2v) is 7.87. The fourth-order valence-electron chi connectivity index (χ4n) is 3.55. The third kappa shape index (κ3) is 8.55. The minimum atomic E-state index is -0.0540. The Labute approximate surface area is 176 Å². The summed E-state index contributed by atoms with van der Waals surface area (Å²) in [4.78, 5) is 12.7. The molecule has 2 aromatic carbocycles. The highest BCUT2D eigenvalue weighted by molar-refractivity contribution is 5.99. The summed E-state index contributed by atoms with van der Waals surface area (Å²) in [5.41, 5.74) is 9.50. The van der Waals surface area contributed by atoms with E-state index in [1.54, 1.807) is 6.08 Å². The van der Waals surface area contributed by atoms with Gasteiger partial charge in [-0.15, -0.1) is 0 Å². The van der Waals surface area contributed by atoms with Crippen molar-refractivity contribution >= 4 is 17.2 Å². The number of anilines is 1. The van der Waals surface area contributed by atoms with Gasteiger partial charge < -0.3 is 11.1 Å². The minimum Gasteiger partial charge on any atom is -0.399 e. The number of carbonyl (C=O) groups excluding carboxylic acids is 1. The molecule has 0 spiro atoms. The number of hydrogen-bond acceptors (Lipinski definition) is 2. The number of rotatable bonds is 12. The molecule has 0 aliphatic heterocycles. The molecule has 0 aromatic heterocycles. The van der Waals surface area contributed by atoms with Crippen molar-refractivity contribution in [3.8, 4) is 0 Å². The largest absolute Gasteiger partial charge is 0.399 e. The van der Waals surface area contributed by atoms with Crippen LogP contribution in [0.3, 0.4) is 0 Å². The monoisotopic (exact) mass is 392 g/mol. The van der Waals surface area contributed by atoms with Crippen molar-refractivity contribution in [2.24, 2.45) is 0 Å². The number of nitrogens with two attached hydrogens (primary N) is 1. The number of nitrogens with one attached hydrogen (secondary N) is 1. The van der Waals surface area contributed by atoms with Gasteiger partial charge >= 0.3 is 0 Å². The van der Waals surface area contributed by atoms with Gasteiger partial charge in [0.2, 0.25) is 5.91 Å². The van der Waals surface area contributed by atoms with E-state index in [-0.39, 0.29) is 11.9 Å². The molecule has 2 aromatic rings. The van der Waals surface area contributed by atoms with Crippen LogP contribution in [0.1, 0.15) is 76.3 Å². The minimum absolute atomic E-state index is 0.0540. The molecule has 1 amide bonds. The van der Waals surface area contributed by atoms with Gasteiger partial charge in [0, 0.05) is 17.8 Å². The van der Waals surface area contributed by atoms with Crippen LogP contribution in [0.4, 0.5) is 5.69 Å². The van der Waals surface area contributed by atoms with E-state index >= 15 is 0 Å². The quantitative estimate of drug-likeness (QED) is 0.251. The Kier molecular flexibility index (Phi) is 10.1. The van der Waals surface area contributed by atoms with E-state index < -0.39 is 0 Å². The zero-order valence-electron chi connectivity index (χ0n) is 18.0. The van der Waals surface area contributed by atoms with Gasteiger partial charge in [-0.1, -0.05) is 94.3 Å². The van der Waals surface area contributed by atoms with Gasteiger partial charge in [-0.25, -0.2) is 0 Å². The molecule has 0 heterocycles. The van der Waals surface area contributed by atoms with Gasteiger partial charge in [-0.3, -0.25) is 4.79 Å². The molecule has 156 valence electrons. The number of carbonyl (C=O) groups is 1. The van der Waals surface area contributed by atoms with Crippen molar-refractivity contribution in [3.63, 3.8) is 0 Å². The number of nitrogen functional groups attached to an aromatic ring is 1. The highest BCUT2D eigenvalue weighted by Crippen LogP contribution is 2.24. The molecule has 0 saturated heterocycles. The Morgan fingerprint density at radius 3 is 2.28 bits per heavy atom. The SMILES string of the molecule is CCCCCCCCCC(C)NC(=O)/C=C(/c1ccccc1)c1cccc(N)c1. The summed E-state index contributed by atoms with van der Waals surface area (Å²) in [6, 6.07) is 17.8. The molecule has 0 radical (unpaired) electrons. The highest BCUT2D eigenvalue weighted by atomic mass is 16.1. The van der Waals surface area contributed by atoms with E-state index in [9.17, 15) is 4.79 Å². The second kappa shape index (κ2) is 12.8. The van der Waals surface area contributed by atoms with Crippen LogP contribution in [0.15, 0.2) is 60.7 Å². The van der Waals surface area contributed by atoms with Gasteiger partial charge in [0.05, 0.1) is 0 Å². The Hall–Kier alpha value is -2.55. The maximum atomic E-state index is 12.7. The van der Waals surface area contributed by atoms with Crippen LogP contribution < -0.4 is 11.1 Å². The van der Waals surface area contributed by atoms with Crippen molar-refractivity contribution < 1.29 is 4.79 Å². The third-order valence-corrected chi connectivity index (χ3v) is 5.19. The predicted molar refractivity (Wildman–Crippen MR) is 125 cm³/mol. The van der Waals surface area contributed by atoms with Crippen LogP contribution in [0.25, 0.3) is 5.57 Å². The average molecular weight is 393 g/mol. The molecule has 3 heteroatoms. The summed E-state index contributed by atoms with van der Waals surface area (Å²) < 4.78 is 0. The Morgan fingerprint density at radius 1 is 0.931 bits per heavy atom. The maximum Gasteiger partial charge on any atom is 0.244 e. The molecule has 1 unspecified atom stereocenters. The molecular formula is C26H36N2O. The van der Waals surface area contributed by atoms with Gasteiger partial charge in [0.25, 0.3) is 0 Å². The topological polar surface area (TPSA) is 55.1 Å². The van der Waals surface area contributed by atoms with Crippen LogP contribution in [-0.2, 0) is 4.79 Å². The molecule has 0 fully saturated rings. The van der Waals surface area contributed by atoms with Crippen molar-refractivity contribution in [1.82, 2.24) is 5.32 Å². The maximum absolute atomic E-state index is 12.7. The van der Waals surface area contributed by atoms with Crippen LogP contribution in [-0.4, -0.2) is 11.9 Å². The van der Waals surface area contributed by atoms with Crippen LogP contribution in [0.2, 0.25) is 0 Å². The number of unbranched alkanes of at least 4 members (excludes halogenated alkanes) is 6. The lowest BCUT2D eigenvalue weighted by Gasteiger charge is -2.14. The highest BCUT2D eigenvalue weighted by Gasteiger charge is 2.10. The molecule has 0 aliphatic rings. The van der Waals surface area contributed by atoms with E-state index in [2.05, 4.69) is 19.2 Å².